The van der Waals surface area contributed by atoms with Crippen molar-refractivity contribution in [2.24, 2.45) is 0 Å². The minimum Gasteiger partial charge on any atom is -0.862 e. The summed E-state index contributed by atoms with van der Waals surface area (Å²) < 4.78 is 0. The third kappa shape index (κ3) is 3.53. The molecule has 0 fully saturated rings. The van der Waals surface area contributed by atoms with Gasteiger partial charge in [0.05, 0.1) is 0 Å². The van der Waals surface area contributed by atoms with Crippen LogP contribution in [0.25, 0.3) is 0 Å². The molecule has 0 unspecified atom stereocenters. The second-order valence-corrected chi connectivity index (χ2v) is 4.39. The summed E-state index contributed by atoms with van der Waals surface area (Å²) in [6.07, 6.45) is 0.232. The van der Waals surface area contributed by atoms with Gasteiger partial charge in [-0.1, -0.05) is 26.0 Å². The molecule has 90 valence electrons. The largest absolute Gasteiger partial charge is 0.862 e. The van der Waals surface area contributed by atoms with Crippen molar-refractivity contribution in [3.05, 3.63) is 34.4 Å². The van der Waals surface area contributed by atoms with Crippen LogP contribution < -0.4 is 5.11 Å². The van der Waals surface area contributed by atoms with E-state index >= 15 is 0 Å². The monoisotopic (exact) mass is 240 g/mol. The molecule has 0 aliphatic carbocycles. The molecular formula is C13H19ClNO-. The molecule has 0 atom stereocenters. The number of hydrogen-bond acceptors (Lipinski definition) is 2. The minimum atomic E-state index is -0.515. The second kappa shape index (κ2) is 5.90. The van der Waals surface area contributed by atoms with E-state index in [2.05, 4.69) is 26.0 Å². The van der Waals surface area contributed by atoms with Gasteiger partial charge in [-0.25, -0.2) is 0 Å². The van der Waals surface area contributed by atoms with Gasteiger partial charge in [-0.15, -0.1) is 12.4 Å². The Morgan fingerprint density at radius 3 is 2.00 bits per heavy atom. The Kier molecular flexibility index (Phi) is 5.52. The SMILES string of the molecule is Cc1cc(C(C)C)cc(C)c1CC(=N)[O-].Cl. The lowest BCUT2D eigenvalue weighted by atomic mass is 9.92. The Hall–Kier alpha value is -1.02. The van der Waals surface area contributed by atoms with Crippen LogP contribution in [0.4, 0.5) is 0 Å². The predicted molar refractivity (Wildman–Crippen MR) is 68.7 cm³/mol. The number of benzene rings is 1. The average molecular weight is 241 g/mol. The zero-order valence-corrected chi connectivity index (χ0v) is 11.1. The average Bonchev–Trinajstić information content (AvgIpc) is 2.10. The number of hydrogen-bond donors (Lipinski definition) is 1. The van der Waals surface area contributed by atoms with E-state index in [0.717, 1.165) is 16.7 Å². The van der Waals surface area contributed by atoms with E-state index < -0.39 is 5.90 Å². The molecule has 0 aliphatic rings. The standard InChI is InChI=1S/C13H19NO.ClH/c1-8(2)11-5-9(3)12(7-13(14)15)10(4)6-11;/h5-6,8H,7H2,1-4H3,(H2,14,15);1H/p-1. The lowest BCUT2D eigenvalue weighted by Crippen LogP contribution is -2.19. The molecule has 2 nitrogen and oxygen atoms in total. The molecule has 0 heterocycles. The highest BCUT2D eigenvalue weighted by Crippen LogP contribution is 2.22. The summed E-state index contributed by atoms with van der Waals surface area (Å²) in [5, 5.41) is 17.8. The molecule has 0 amide bonds. The van der Waals surface area contributed by atoms with E-state index in [4.69, 9.17) is 5.41 Å². The van der Waals surface area contributed by atoms with Gasteiger partial charge in [-0.2, -0.15) is 0 Å². The molecule has 0 aliphatic heterocycles. The molecule has 0 saturated heterocycles. The van der Waals surface area contributed by atoms with Crippen molar-refractivity contribution in [2.75, 3.05) is 0 Å². The fourth-order valence-electron chi connectivity index (χ4n) is 1.80. The Morgan fingerprint density at radius 1 is 1.25 bits per heavy atom. The highest BCUT2D eigenvalue weighted by Gasteiger charge is 2.06. The summed E-state index contributed by atoms with van der Waals surface area (Å²) in [7, 11) is 0. The third-order valence-electron chi connectivity index (χ3n) is 2.72. The topological polar surface area (TPSA) is 46.9 Å². The van der Waals surface area contributed by atoms with Crippen molar-refractivity contribution < 1.29 is 5.11 Å². The maximum absolute atomic E-state index is 10.8. The zero-order chi connectivity index (χ0) is 11.6. The molecular weight excluding hydrogens is 222 g/mol. The maximum Gasteiger partial charge on any atom is 0.000434 e. The Labute approximate surface area is 104 Å². The van der Waals surface area contributed by atoms with Crippen molar-refractivity contribution in [1.29, 1.82) is 5.41 Å². The van der Waals surface area contributed by atoms with Crippen molar-refractivity contribution in [3.8, 4) is 0 Å². The maximum atomic E-state index is 10.8. The summed E-state index contributed by atoms with van der Waals surface area (Å²) in [5.41, 5.74) is 4.56. The van der Waals surface area contributed by atoms with Crippen molar-refractivity contribution in [1.82, 2.24) is 0 Å². The number of rotatable bonds is 3. The summed E-state index contributed by atoms with van der Waals surface area (Å²) >= 11 is 0. The highest BCUT2D eigenvalue weighted by molar-refractivity contribution is 5.85. The molecule has 0 radical (unpaired) electrons. The molecule has 3 heteroatoms. The normalized spacial score (nSPS) is 10.1. The first kappa shape index (κ1) is 15.0. The van der Waals surface area contributed by atoms with Crippen molar-refractivity contribution in [3.63, 3.8) is 0 Å². The Bertz CT molecular complexity index is 363. The van der Waals surface area contributed by atoms with Crippen molar-refractivity contribution >= 4 is 18.3 Å². The summed E-state index contributed by atoms with van der Waals surface area (Å²) in [5.74, 6) is -0.0124. The first-order valence-electron chi connectivity index (χ1n) is 5.26. The van der Waals surface area contributed by atoms with Gasteiger partial charge < -0.3 is 10.5 Å². The fraction of sp³-hybridized carbons (Fsp3) is 0.462. The van der Waals surface area contributed by atoms with E-state index in [0.29, 0.717) is 5.92 Å². The van der Waals surface area contributed by atoms with E-state index in [1.165, 1.54) is 5.56 Å². The first-order valence-corrected chi connectivity index (χ1v) is 5.26. The van der Waals surface area contributed by atoms with Crippen LogP contribution in [0.2, 0.25) is 0 Å². The minimum absolute atomic E-state index is 0. The number of halogens is 1. The van der Waals surface area contributed by atoms with Gasteiger partial charge in [0.1, 0.15) is 0 Å². The van der Waals surface area contributed by atoms with Gasteiger partial charge in [0.25, 0.3) is 0 Å². The van der Waals surface area contributed by atoms with E-state index in [1.807, 2.05) is 13.8 Å². The van der Waals surface area contributed by atoms with Gasteiger partial charge in [-0.3, -0.25) is 0 Å². The van der Waals surface area contributed by atoms with Crippen LogP contribution in [-0.2, 0) is 6.42 Å². The molecule has 16 heavy (non-hydrogen) atoms. The lowest BCUT2D eigenvalue weighted by Gasteiger charge is -2.16. The first-order chi connectivity index (χ1) is 6.91. The highest BCUT2D eigenvalue weighted by atomic mass is 35.5. The second-order valence-electron chi connectivity index (χ2n) is 4.39. The fourth-order valence-corrected chi connectivity index (χ4v) is 1.80. The van der Waals surface area contributed by atoms with Crippen LogP contribution in [0.5, 0.6) is 0 Å². The van der Waals surface area contributed by atoms with Crippen LogP contribution in [-0.4, -0.2) is 5.90 Å². The van der Waals surface area contributed by atoms with Crippen LogP contribution in [0.1, 0.15) is 42.0 Å². The smallest absolute Gasteiger partial charge is 0.000434 e. The van der Waals surface area contributed by atoms with Gasteiger partial charge in [0, 0.05) is 6.42 Å². The van der Waals surface area contributed by atoms with Gasteiger partial charge in [0.15, 0.2) is 0 Å². The molecule has 0 saturated carbocycles. The molecule has 1 aromatic rings. The Balaban J connectivity index is 0.00000225. The van der Waals surface area contributed by atoms with Crippen LogP contribution in [0.3, 0.4) is 0 Å². The Morgan fingerprint density at radius 2 is 1.69 bits per heavy atom. The zero-order valence-electron chi connectivity index (χ0n) is 10.3. The summed E-state index contributed by atoms with van der Waals surface area (Å²) in [6, 6.07) is 4.24. The molecule has 1 N–H and O–H groups in total. The molecule has 0 spiro atoms. The van der Waals surface area contributed by atoms with Crippen LogP contribution in [0, 0.1) is 19.3 Å². The van der Waals surface area contributed by atoms with Crippen molar-refractivity contribution in [2.45, 2.75) is 40.0 Å². The predicted octanol–water partition coefficient (Wildman–Crippen LogP) is 2.73. The number of nitrogens with one attached hydrogen (secondary N) is 1. The van der Waals surface area contributed by atoms with E-state index in [9.17, 15) is 5.11 Å². The lowest BCUT2D eigenvalue weighted by molar-refractivity contribution is -0.219. The van der Waals surface area contributed by atoms with E-state index in [1.54, 1.807) is 0 Å². The van der Waals surface area contributed by atoms with Crippen LogP contribution >= 0.6 is 12.4 Å². The molecule has 0 bridgehead atoms. The third-order valence-corrected chi connectivity index (χ3v) is 2.72. The van der Waals surface area contributed by atoms with Gasteiger partial charge in [0.2, 0.25) is 0 Å². The van der Waals surface area contributed by atoms with E-state index in [-0.39, 0.29) is 18.8 Å². The summed E-state index contributed by atoms with van der Waals surface area (Å²) in [6.45, 7) is 8.33. The molecule has 1 aromatic carbocycles. The van der Waals surface area contributed by atoms with Gasteiger partial charge >= 0.3 is 0 Å². The number of aryl methyl sites for hydroxylation is 2. The molecule has 1 rings (SSSR count). The summed E-state index contributed by atoms with van der Waals surface area (Å²) in [4.78, 5) is 0. The van der Waals surface area contributed by atoms with Crippen LogP contribution in [0.15, 0.2) is 12.1 Å². The van der Waals surface area contributed by atoms with Gasteiger partial charge in [-0.05, 0) is 47.9 Å². The molecule has 0 aromatic heterocycles. The quantitative estimate of drug-likeness (QED) is 0.641.